The highest BCUT2D eigenvalue weighted by atomic mass is 35.5. The first-order valence-corrected chi connectivity index (χ1v) is 11.2. The van der Waals surface area contributed by atoms with Gasteiger partial charge in [-0.3, -0.25) is 4.99 Å². The van der Waals surface area contributed by atoms with E-state index in [0.717, 1.165) is 33.5 Å². The van der Waals surface area contributed by atoms with Gasteiger partial charge in [-0.2, -0.15) is 0 Å². The molecule has 0 spiro atoms. The lowest BCUT2D eigenvalue weighted by Gasteiger charge is -2.20. The summed E-state index contributed by atoms with van der Waals surface area (Å²) >= 11 is 13.1. The van der Waals surface area contributed by atoms with Gasteiger partial charge in [0.15, 0.2) is 0 Å². The van der Waals surface area contributed by atoms with E-state index in [1.807, 2.05) is 73.7 Å². The van der Waals surface area contributed by atoms with E-state index in [2.05, 4.69) is 4.99 Å². The van der Waals surface area contributed by atoms with Gasteiger partial charge in [-0.05, 0) is 60.9 Å². The molecule has 0 fully saturated rings. The van der Waals surface area contributed by atoms with Gasteiger partial charge >= 0.3 is 0 Å². The zero-order chi connectivity index (χ0) is 22.9. The first-order chi connectivity index (χ1) is 16.0. The number of ether oxygens (including phenoxy) is 2. The van der Waals surface area contributed by atoms with Crippen molar-refractivity contribution in [3.8, 4) is 11.5 Å². The molecule has 33 heavy (non-hydrogen) atoms. The van der Waals surface area contributed by atoms with Gasteiger partial charge in [0.2, 0.25) is 0 Å². The molecule has 1 aliphatic carbocycles. The third-order valence-electron chi connectivity index (χ3n) is 5.45. The molecule has 1 aliphatic heterocycles. The zero-order valence-corrected chi connectivity index (χ0v) is 19.6. The van der Waals surface area contributed by atoms with Gasteiger partial charge in [-0.25, -0.2) is 4.99 Å². The summed E-state index contributed by atoms with van der Waals surface area (Å²) in [6, 6.07) is 17.2. The average Bonchev–Trinajstić information content (AvgIpc) is 2.82. The molecule has 0 amide bonds. The van der Waals surface area contributed by atoms with E-state index in [1.54, 1.807) is 19.2 Å². The summed E-state index contributed by atoms with van der Waals surface area (Å²) in [5.41, 5.74) is 4.22. The van der Waals surface area contributed by atoms with E-state index in [9.17, 15) is 0 Å². The van der Waals surface area contributed by atoms with Gasteiger partial charge in [0.25, 0.3) is 0 Å². The first kappa shape index (κ1) is 21.7. The summed E-state index contributed by atoms with van der Waals surface area (Å²) < 4.78 is 11.5. The molecule has 3 aromatic rings. The number of rotatable bonds is 4. The number of allylic oxidation sites excluding steroid dienone is 4. The van der Waals surface area contributed by atoms with Crippen LogP contribution in [-0.2, 0) is 4.74 Å². The van der Waals surface area contributed by atoms with Crippen molar-refractivity contribution in [1.29, 1.82) is 0 Å². The molecule has 2 aliphatic rings. The Morgan fingerprint density at radius 1 is 1.00 bits per heavy atom. The monoisotopic (exact) mass is 474 g/mol. The number of hydrogen-bond donors (Lipinski definition) is 0. The molecule has 0 N–H and O–H groups in total. The van der Waals surface area contributed by atoms with Crippen LogP contribution in [0.25, 0.3) is 10.8 Å². The molecular weight excluding hydrogens is 455 g/mol. The van der Waals surface area contributed by atoms with Crippen LogP contribution in [0.2, 0.25) is 10.0 Å². The van der Waals surface area contributed by atoms with Crippen molar-refractivity contribution in [2.45, 2.75) is 13.0 Å². The van der Waals surface area contributed by atoms with Crippen LogP contribution in [0.1, 0.15) is 6.92 Å². The van der Waals surface area contributed by atoms with Crippen LogP contribution in [0.15, 0.2) is 100 Å². The Morgan fingerprint density at radius 2 is 1.82 bits per heavy atom. The molecule has 6 heteroatoms. The smallest absolute Gasteiger partial charge is 0.146 e. The fourth-order valence-electron chi connectivity index (χ4n) is 3.82. The molecule has 164 valence electrons. The second kappa shape index (κ2) is 8.99. The highest BCUT2D eigenvalue weighted by Gasteiger charge is 2.21. The van der Waals surface area contributed by atoms with Gasteiger partial charge in [-0.15, -0.1) is 0 Å². The van der Waals surface area contributed by atoms with Crippen LogP contribution in [0.3, 0.4) is 0 Å². The lowest BCUT2D eigenvalue weighted by Crippen LogP contribution is -2.21. The summed E-state index contributed by atoms with van der Waals surface area (Å²) in [5.74, 6) is 1.06. The quantitative estimate of drug-likeness (QED) is 0.385. The predicted molar refractivity (Wildman–Crippen MR) is 137 cm³/mol. The second-order valence-electron chi connectivity index (χ2n) is 7.74. The summed E-state index contributed by atoms with van der Waals surface area (Å²) in [6.45, 7) is 1.95. The van der Waals surface area contributed by atoms with Crippen LogP contribution in [-0.4, -0.2) is 24.6 Å². The molecule has 0 bridgehead atoms. The lowest BCUT2D eigenvalue weighted by atomic mass is 9.94. The molecule has 1 atom stereocenters. The third kappa shape index (κ3) is 4.38. The number of halogens is 2. The van der Waals surface area contributed by atoms with Gasteiger partial charge in [0.1, 0.15) is 11.5 Å². The van der Waals surface area contributed by atoms with Crippen molar-refractivity contribution in [3.63, 3.8) is 0 Å². The number of benzene rings is 3. The van der Waals surface area contributed by atoms with E-state index in [1.165, 1.54) is 0 Å². The minimum absolute atomic E-state index is 0.109. The normalized spacial score (nSPS) is 18.6. The Kier molecular flexibility index (Phi) is 5.90. The van der Waals surface area contributed by atoms with Crippen LogP contribution >= 0.6 is 23.2 Å². The van der Waals surface area contributed by atoms with Crippen LogP contribution in [0.4, 0.5) is 5.69 Å². The number of fused-ring (bicyclic) bond motifs is 2. The van der Waals surface area contributed by atoms with Gasteiger partial charge in [-0.1, -0.05) is 53.5 Å². The predicted octanol–water partition coefficient (Wildman–Crippen LogP) is 7.88. The summed E-state index contributed by atoms with van der Waals surface area (Å²) in [4.78, 5) is 9.43. The Bertz CT molecular complexity index is 1420. The van der Waals surface area contributed by atoms with Gasteiger partial charge in [0.05, 0.1) is 33.3 Å². The molecule has 0 aromatic heterocycles. The van der Waals surface area contributed by atoms with Crippen LogP contribution < -0.4 is 4.74 Å². The maximum absolute atomic E-state index is 6.58. The van der Waals surface area contributed by atoms with E-state index in [-0.39, 0.29) is 6.10 Å². The maximum atomic E-state index is 6.58. The summed E-state index contributed by atoms with van der Waals surface area (Å²) in [5, 5.41) is 2.97. The van der Waals surface area contributed by atoms with Crippen molar-refractivity contribution in [2.75, 3.05) is 7.11 Å². The van der Waals surface area contributed by atoms with Crippen LogP contribution in [0, 0.1) is 0 Å². The standard InChI is InChI=1S/C27H20Cl2N2O2/c1-16-13-24(21-15-19(32-2)9-10-23(21)30-16)31-18-8-12-25(22(28)14-18)33-26-11-7-17-5-3-4-6-20(17)27(26)29/h3-15,19H,1-2H3. The van der Waals surface area contributed by atoms with Crippen molar-refractivity contribution < 1.29 is 9.47 Å². The average molecular weight is 475 g/mol. The number of methoxy groups -OCH3 is 1. The summed E-state index contributed by atoms with van der Waals surface area (Å²) in [7, 11) is 1.68. The van der Waals surface area contributed by atoms with Gasteiger partial charge in [0, 0.05) is 23.8 Å². The van der Waals surface area contributed by atoms with Crippen molar-refractivity contribution >= 4 is 51.1 Å². The van der Waals surface area contributed by atoms with E-state index >= 15 is 0 Å². The van der Waals surface area contributed by atoms with E-state index in [4.69, 9.17) is 37.7 Å². The molecule has 0 saturated heterocycles. The molecule has 3 aromatic carbocycles. The number of hydrogen-bond acceptors (Lipinski definition) is 4. The number of nitrogens with zero attached hydrogens (tertiary/aromatic N) is 2. The SMILES string of the molecule is COC1C=CC2=NC(C)=CC(=Nc3ccc(Oc4ccc5ccccc5c4Cl)c(Cl)c3)C2=C1. The zero-order valence-electron chi connectivity index (χ0n) is 18.0. The lowest BCUT2D eigenvalue weighted by molar-refractivity contribution is 0.177. The first-order valence-electron chi connectivity index (χ1n) is 10.5. The topological polar surface area (TPSA) is 43.2 Å². The van der Waals surface area contributed by atoms with Crippen LogP contribution in [0.5, 0.6) is 11.5 Å². The third-order valence-corrected chi connectivity index (χ3v) is 6.14. The molecular formula is C27H20Cl2N2O2. The fraction of sp³-hybridized carbons (Fsp3) is 0.111. The van der Waals surface area contributed by atoms with Crippen molar-refractivity contribution in [3.05, 3.63) is 100 Å². The minimum Gasteiger partial charge on any atom is -0.454 e. The van der Waals surface area contributed by atoms with E-state index in [0.29, 0.717) is 27.2 Å². The Hall–Kier alpha value is -3.18. The van der Waals surface area contributed by atoms with Crippen molar-refractivity contribution in [1.82, 2.24) is 0 Å². The molecule has 0 radical (unpaired) electrons. The molecule has 0 saturated carbocycles. The molecule has 4 nitrogen and oxygen atoms in total. The fourth-order valence-corrected chi connectivity index (χ4v) is 4.31. The van der Waals surface area contributed by atoms with Crippen molar-refractivity contribution in [2.24, 2.45) is 9.98 Å². The van der Waals surface area contributed by atoms with Gasteiger partial charge < -0.3 is 9.47 Å². The highest BCUT2D eigenvalue weighted by molar-refractivity contribution is 6.37. The molecule has 1 heterocycles. The second-order valence-corrected chi connectivity index (χ2v) is 8.52. The summed E-state index contributed by atoms with van der Waals surface area (Å²) in [6.07, 6.45) is 7.80. The number of aliphatic imine (C=N–C) groups is 2. The Morgan fingerprint density at radius 3 is 2.64 bits per heavy atom. The molecule has 5 rings (SSSR count). The molecule has 1 unspecified atom stereocenters. The maximum Gasteiger partial charge on any atom is 0.146 e. The highest BCUT2D eigenvalue weighted by Crippen LogP contribution is 2.39. The Labute approximate surface area is 202 Å². The minimum atomic E-state index is -0.109. The Balaban J connectivity index is 1.45. The van der Waals surface area contributed by atoms with E-state index < -0.39 is 0 Å². The largest absolute Gasteiger partial charge is 0.454 e.